The molecule has 5 heteroatoms. The fraction of sp³-hybridized carbons (Fsp3) is 0.375. The molecule has 0 atom stereocenters. The van der Waals surface area contributed by atoms with Crippen LogP contribution >= 0.6 is 0 Å². The maximum Gasteiger partial charge on any atom is 0.323 e. The Hall–Kier alpha value is -2.30. The number of carboxylic acid groups (broad SMARTS) is 1. The highest BCUT2D eigenvalue weighted by Crippen LogP contribution is 2.27. The smallest absolute Gasteiger partial charge is 0.323 e. The Morgan fingerprint density at radius 3 is 2.52 bits per heavy atom. The van der Waals surface area contributed by atoms with Crippen molar-refractivity contribution in [1.82, 2.24) is 4.90 Å². The van der Waals surface area contributed by atoms with Gasteiger partial charge >= 0.3 is 5.97 Å². The monoisotopic (exact) mass is 289 g/mol. The van der Waals surface area contributed by atoms with E-state index in [1.165, 1.54) is 11.0 Å². The molecule has 1 aromatic rings. The molecule has 0 radical (unpaired) electrons. The molecule has 1 amide bonds. The maximum atomic E-state index is 12.1. The van der Waals surface area contributed by atoms with E-state index in [2.05, 4.69) is 0 Å². The van der Waals surface area contributed by atoms with Crippen molar-refractivity contribution >= 4 is 18.0 Å². The first-order valence-electron chi connectivity index (χ1n) is 7.03. The van der Waals surface area contributed by atoms with Gasteiger partial charge in [0.25, 0.3) is 0 Å². The molecular weight excluding hydrogens is 270 g/mol. The molecule has 0 bridgehead atoms. The van der Waals surface area contributed by atoms with Gasteiger partial charge in [0.15, 0.2) is 0 Å². The lowest BCUT2D eigenvalue weighted by molar-refractivity contribution is -0.143. The molecule has 1 saturated carbocycles. The van der Waals surface area contributed by atoms with Crippen molar-refractivity contribution in [3.05, 3.63) is 35.9 Å². The van der Waals surface area contributed by atoms with Crippen LogP contribution in [0.2, 0.25) is 0 Å². The molecule has 1 aromatic carbocycles. The molecule has 1 N–H and O–H groups in total. The fourth-order valence-corrected chi connectivity index (χ4v) is 2.02. The molecule has 1 aliphatic carbocycles. The summed E-state index contributed by atoms with van der Waals surface area (Å²) in [5.74, 6) is -0.454. The predicted molar refractivity (Wildman–Crippen MR) is 79.0 cm³/mol. The third kappa shape index (κ3) is 4.63. The number of hydrogen-bond acceptors (Lipinski definition) is 3. The summed E-state index contributed by atoms with van der Waals surface area (Å²) in [4.78, 5) is 24.3. The quantitative estimate of drug-likeness (QED) is 0.781. The molecule has 1 aliphatic rings. The summed E-state index contributed by atoms with van der Waals surface area (Å²) >= 11 is 0. The van der Waals surface area contributed by atoms with Crippen LogP contribution in [0.25, 0.3) is 6.08 Å². The van der Waals surface area contributed by atoms with Gasteiger partial charge in [0.2, 0.25) is 5.91 Å². The van der Waals surface area contributed by atoms with Crippen molar-refractivity contribution in [2.45, 2.75) is 25.8 Å². The van der Waals surface area contributed by atoms with E-state index < -0.39 is 5.97 Å². The zero-order valence-electron chi connectivity index (χ0n) is 12.0. The lowest BCUT2D eigenvalue weighted by atomic mass is 10.2. The fourth-order valence-electron chi connectivity index (χ4n) is 2.02. The molecule has 21 heavy (non-hydrogen) atoms. The van der Waals surface area contributed by atoms with Gasteiger partial charge < -0.3 is 14.7 Å². The van der Waals surface area contributed by atoms with Crippen LogP contribution in [-0.4, -0.2) is 41.1 Å². The molecule has 5 nitrogen and oxygen atoms in total. The first kappa shape index (κ1) is 15.1. The van der Waals surface area contributed by atoms with Gasteiger partial charge in [0.05, 0.1) is 6.61 Å². The number of carbonyl (C=O) groups excluding carboxylic acids is 1. The lowest BCUT2D eigenvalue weighted by Crippen LogP contribution is -2.36. The van der Waals surface area contributed by atoms with E-state index in [1.807, 2.05) is 31.2 Å². The maximum absolute atomic E-state index is 12.1. The molecule has 0 aromatic heterocycles. The van der Waals surface area contributed by atoms with E-state index >= 15 is 0 Å². The number of benzene rings is 1. The van der Waals surface area contributed by atoms with Gasteiger partial charge in [-0.25, -0.2) is 0 Å². The van der Waals surface area contributed by atoms with E-state index in [1.54, 1.807) is 6.08 Å². The minimum absolute atomic E-state index is 0.0820. The second-order valence-corrected chi connectivity index (χ2v) is 4.93. The van der Waals surface area contributed by atoms with Crippen LogP contribution in [0.5, 0.6) is 5.75 Å². The summed E-state index contributed by atoms with van der Waals surface area (Å²) < 4.78 is 5.34. The van der Waals surface area contributed by atoms with Gasteiger partial charge in [0, 0.05) is 12.1 Å². The van der Waals surface area contributed by atoms with Crippen molar-refractivity contribution in [2.24, 2.45) is 0 Å². The topological polar surface area (TPSA) is 66.8 Å². The zero-order valence-corrected chi connectivity index (χ0v) is 12.0. The van der Waals surface area contributed by atoms with Crippen LogP contribution in [0.3, 0.4) is 0 Å². The van der Waals surface area contributed by atoms with Gasteiger partial charge in [-0.05, 0) is 43.5 Å². The summed E-state index contributed by atoms with van der Waals surface area (Å²) in [7, 11) is 0. The highest BCUT2D eigenvalue weighted by molar-refractivity contribution is 5.94. The number of carboxylic acids is 1. The molecule has 112 valence electrons. The second kappa shape index (κ2) is 6.92. The van der Waals surface area contributed by atoms with Crippen molar-refractivity contribution < 1.29 is 19.4 Å². The molecule has 0 saturated heterocycles. The van der Waals surface area contributed by atoms with Gasteiger partial charge in [0.1, 0.15) is 12.3 Å². The third-order valence-electron chi connectivity index (χ3n) is 3.19. The van der Waals surface area contributed by atoms with Crippen molar-refractivity contribution in [2.75, 3.05) is 13.2 Å². The number of hydrogen-bond donors (Lipinski definition) is 1. The van der Waals surface area contributed by atoms with Crippen molar-refractivity contribution in [3.63, 3.8) is 0 Å². The van der Waals surface area contributed by atoms with E-state index in [0.717, 1.165) is 24.2 Å². The van der Waals surface area contributed by atoms with E-state index in [4.69, 9.17) is 9.84 Å². The van der Waals surface area contributed by atoms with Crippen molar-refractivity contribution in [3.8, 4) is 5.75 Å². The molecule has 0 heterocycles. The van der Waals surface area contributed by atoms with Gasteiger partial charge in [-0.3, -0.25) is 9.59 Å². The summed E-state index contributed by atoms with van der Waals surface area (Å²) in [6.07, 6.45) is 4.89. The van der Waals surface area contributed by atoms with Crippen LogP contribution in [-0.2, 0) is 9.59 Å². The van der Waals surface area contributed by atoms with Crippen LogP contribution in [0, 0.1) is 0 Å². The van der Waals surface area contributed by atoms with Gasteiger partial charge in [-0.1, -0.05) is 12.1 Å². The minimum atomic E-state index is -0.982. The van der Waals surface area contributed by atoms with Crippen LogP contribution in [0.4, 0.5) is 0 Å². The average molecular weight is 289 g/mol. The molecule has 0 unspecified atom stereocenters. The summed E-state index contributed by atoms with van der Waals surface area (Å²) in [5.41, 5.74) is 0.873. The van der Waals surface area contributed by atoms with Crippen LogP contribution < -0.4 is 4.74 Å². The van der Waals surface area contributed by atoms with Gasteiger partial charge in [-0.2, -0.15) is 0 Å². The highest BCUT2D eigenvalue weighted by atomic mass is 16.5. The Morgan fingerprint density at radius 1 is 1.33 bits per heavy atom. The van der Waals surface area contributed by atoms with E-state index in [0.29, 0.717) is 6.61 Å². The third-order valence-corrected chi connectivity index (χ3v) is 3.19. The number of carbonyl (C=O) groups is 2. The molecule has 1 fully saturated rings. The first-order valence-corrected chi connectivity index (χ1v) is 7.03. The second-order valence-electron chi connectivity index (χ2n) is 4.93. The Labute approximate surface area is 123 Å². The Morgan fingerprint density at radius 2 is 2.00 bits per heavy atom. The highest BCUT2D eigenvalue weighted by Gasteiger charge is 2.32. The lowest BCUT2D eigenvalue weighted by Gasteiger charge is -2.17. The summed E-state index contributed by atoms with van der Waals surface area (Å²) in [6, 6.07) is 7.46. The summed E-state index contributed by atoms with van der Waals surface area (Å²) in [6.45, 7) is 2.29. The SMILES string of the molecule is CCOc1ccc(C=CC(=O)N(CC(=O)O)C2CC2)cc1. The van der Waals surface area contributed by atoms with E-state index in [9.17, 15) is 9.59 Å². The number of amides is 1. The molecular formula is C16H19NO4. The van der Waals surface area contributed by atoms with Crippen molar-refractivity contribution in [1.29, 1.82) is 0 Å². The predicted octanol–water partition coefficient (Wildman–Crippen LogP) is 2.17. The molecule has 0 spiro atoms. The largest absolute Gasteiger partial charge is 0.494 e. The minimum Gasteiger partial charge on any atom is -0.494 e. The number of nitrogens with zero attached hydrogens (tertiary/aromatic N) is 1. The average Bonchev–Trinajstić information content (AvgIpc) is 3.28. The Bertz CT molecular complexity index is 532. The van der Waals surface area contributed by atoms with Gasteiger partial charge in [-0.15, -0.1) is 0 Å². The Kier molecular flexibility index (Phi) is 4.98. The number of ether oxygens (including phenoxy) is 1. The first-order chi connectivity index (χ1) is 10.1. The number of aliphatic carboxylic acids is 1. The van der Waals surface area contributed by atoms with Crippen LogP contribution in [0.15, 0.2) is 30.3 Å². The molecule has 2 rings (SSSR count). The van der Waals surface area contributed by atoms with E-state index in [-0.39, 0.29) is 18.5 Å². The standard InChI is InChI=1S/C16H19NO4/c1-2-21-14-8-3-12(4-9-14)5-10-15(18)17(11-16(19)20)13-6-7-13/h3-5,8-10,13H,2,6-7,11H2,1H3,(H,19,20). The number of rotatable bonds is 7. The summed E-state index contributed by atoms with van der Waals surface area (Å²) in [5, 5.41) is 8.84. The zero-order chi connectivity index (χ0) is 15.2. The normalized spacial score (nSPS) is 14.1. The molecule has 0 aliphatic heterocycles. The van der Waals surface area contributed by atoms with Crippen LogP contribution in [0.1, 0.15) is 25.3 Å². The Balaban J connectivity index is 1.98.